The van der Waals surface area contributed by atoms with Crippen molar-refractivity contribution in [1.82, 2.24) is 10.4 Å². The van der Waals surface area contributed by atoms with Crippen LogP contribution in [0.1, 0.15) is 28.5 Å². The van der Waals surface area contributed by atoms with E-state index in [-0.39, 0.29) is 39.1 Å². The minimum Gasteiger partial charge on any atom is -0.496 e. The van der Waals surface area contributed by atoms with Gasteiger partial charge in [0.15, 0.2) is 10.8 Å². The molecule has 0 saturated carbocycles. The summed E-state index contributed by atoms with van der Waals surface area (Å²) in [5, 5.41) is 6.32. The summed E-state index contributed by atoms with van der Waals surface area (Å²) in [6, 6.07) is 12.3. The Hall–Kier alpha value is -3.53. The first-order valence-electron chi connectivity index (χ1n) is 10.00. The zero-order valence-corrected chi connectivity index (χ0v) is 20.8. The predicted octanol–water partition coefficient (Wildman–Crippen LogP) is 4.93. The quantitative estimate of drug-likeness (QED) is 0.213. The second-order valence-corrected chi connectivity index (χ2v) is 8.17. The first-order chi connectivity index (χ1) is 16.7. The SMILES string of the molecule is COc1ccc(/C=N/NC(=O)c2nc(Cl)c(Cl)c(N)c2Cl)cc1COc1ccc(NC(C)=O)cc1. The van der Waals surface area contributed by atoms with E-state index in [0.717, 1.165) is 5.56 Å². The molecule has 35 heavy (non-hydrogen) atoms. The molecule has 2 aromatic carbocycles. The van der Waals surface area contributed by atoms with Gasteiger partial charge in [-0.1, -0.05) is 34.8 Å². The van der Waals surface area contributed by atoms with Crippen LogP contribution in [0.3, 0.4) is 0 Å². The van der Waals surface area contributed by atoms with Crippen LogP contribution in [0.2, 0.25) is 15.2 Å². The van der Waals surface area contributed by atoms with Crippen molar-refractivity contribution in [2.45, 2.75) is 13.5 Å². The van der Waals surface area contributed by atoms with Crippen LogP contribution in [0, 0.1) is 0 Å². The van der Waals surface area contributed by atoms with Crippen LogP contribution < -0.4 is 25.9 Å². The second kappa shape index (κ2) is 11.7. The first kappa shape index (κ1) is 26.1. The lowest BCUT2D eigenvalue weighted by atomic mass is 10.1. The maximum absolute atomic E-state index is 12.4. The molecule has 1 heterocycles. The van der Waals surface area contributed by atoms with E-state index in [2.05, 4.69) is 20.8 Å². The summed E-state index contributed by atoms with van der Waals surface area (Å²) in [7, 11) is 1.55. The highest BCUT2D eigenvalue weighted by Gasteiger charge is 2.19. The number of aromatic nitrogens is 1. The number of methoxy groups -OCH3 is 1. The number of ether oxygens (including phenoxy) is 2. The van der Waals surface area contributed by atoms with E-state index in [1.165, 1.54) is 13.1 Å². The van der Waals surface area contributed by atoms with Crippen molar-refractivity contribution in [2.75, 3.05) is 18.2 Å². The van der Waals surface area contributed by atoms with Gasteiger partial charge in [-0.25, -0.2) is 10.4 Å². The van der Waals surface area contributed by atoms with Gasteiger partial charge in [-0.05, 0) is 48.0 Å². The van der Waals surface area contributed by atoms with E-state index >= 15 is 0 Å². The standard InChI is InChI=1S/C23H20Cl3N5O4/c1-12(32)29-15-4-6-16(7-5-15)35-11-14-9-13(3-8-17(14)34-2)10-28-31-23(33)21-18(24)20(27)19(25)22(26)30-21/h3-10H,11H2,1-2H3,(H2,27,30)(H,29,32)(H,31,33)/b28-10+. The predicted molar refractivity (Wildman–Crippen MR) is 137 cm³/mol. The monoisotopic (exact) mass is 535 g/mol. The molecule has 3 rings (SSSR count). The molecule has 0 unspecified atom stereocenters. The van der Waals surface area contributed by atoms with Crippen molar-refractivity contribution in [2.24, 2.45) is 5.10 Å². The van der Waals surface area contributed by atoms with Gasteiger partial charge in [0.25, 0.3) is 5.91 Å². The highest BCUT2D eigenvalue weighted by molar-refractivity contribution is 6.46. The van der Waals surface area contributed by atoms with Crippen molar-refractivity contribution in [3.05, 3.63) is 74.5 Å². The summed E-state index contributed by atoms with van der Waals surface area (Å²) in [6.07, 6.45) is 1.43. The summed E-state index contributed by atoms with van der Waals surface area (Å²) in [5.41, 5.74) is 9.88. The van der Waals surface area contributed by atoms with Gasteiger partial charge in [0.05, 0.1) is 24.0 Å². The average Bonchev–Trinajstić information content (AvgIpc) is 2.84. The average molecular weight is 537 g/mol. The number of hydrazone groups is 1. The van der Waals surface area contributed by atoms with Crippen LogP contribution in [0.25, 0.3) is 0 Å². The van der Waals surface area contributed by atoms with E-state index in [4.69, 9.17) is 50.0 Å². The number of anilines is 2. The molecule has 0 radical (unpaired) electrons. The summed E-state index contributed by atoms with van der Waals surface area (Å²) < 4.78 is 11.2. The summed E-state index contributed by atoms with van der Waals surface area (Å²) in [4.78, 5) is 27.4. The number of nitrogens with one attached hydrogen (secondary N) is 2. The van der Waals surface area contributed by atoms with E-state index < -0.39 is 5.91 Å². The maximum Gasteiger partial charge on any atom is 0.291 e. The normalized spacial score (nSPS) is 10.8. The number of rotatable bonds is 8. The molecule has 1 aromatic heterocycles. The number of hydrogen-bond acceptors (Lipinski definition) is 7. The third-order valence-electron chi connectivity index (χ3n) is 4.54. The molecule has 2 amide bonds. The van der Waals surface area contributed by atoms with Gasteiger partial charge in [0.2, 0.25) is 5.91 Å². The Morgan fingerprint density at radius 1 is 1.11 bits per heavy atom. The first-order valence-corrected chi connectivity index (χ1v) is 11.1. The lowest BCUT2D eigenvalue weighted by Crippen LogP contribution is -2.20. The molecule has 0 bridgehead atoms. The Morgan fingerprint density at radius 3 is 2.49 bits per heavy atom. The largest absolute Gasteiger partial charge is 0.496 e. The molecule has 0 spiro atoms. The third-order valence-corrected chi connectivity index (χ3v) is 5.68. The molecule has 0 saturated heterocycles. The van der Waals surface area contributed by atoms with Gasteiger partial charge in [0, 0.05) is 18.2 Å². The second-order valence-electron chi connectivity index (χ2n) is 7.06. The van der Waals surface area contributed by atoms with Crippen LogP contribution in [0.5, 0.6) is 11.5 Å². The van der Waals surface area contributed by atoms with E-state index in [9.17, 15) is 9.59 Å². The molecular formula is C23H20Cl3N5O4. The lowest BCUT2D eigenvalue weighted by molar-refractivity contribution is -0.114. The minimum absolute atomic E-state index is 0.0339. The van der Waals surface area contributed by atoms with Crippen LogP contribution in [0.15, 0.2) is 47.6 Å². The van der Waals surface area contributed by atoms with Crippen molar-refractivity contribution in [1.29, 1.82) is 0 Å². The Morgan fingerprint density at radius 2 is 1.83 bits per heavy atom. The van der Waals surface area contributed by atoms with Crippen molar-refractivity contribution in [3.63, 3.8) is 0 Å². The smallest absolute Gasteiger partial charge is 0.291 e. The Bertz CT molecular complexity index is 1280. The summed E-state index contributed by atoms with van der Waals surface area (Å²) in [6.45, 7) is 1.65. The number of carbonyl (C=O) groups is 2. The molecular weight excluding hydrogens is 517 g/mol. The van der Waals surface area contributed by atoms with Crippen LogP contribution in [0.4, 0.5) is 11.4 Å². The number of carbonyl (C=O) groups excluding carboxylic acids is 2. The van der Waals surface area contributed by atoms with Crippen LogP contribution in [-0.4, -0.2) is 30.1 Å². The van der Waals surface area contributed by atoms with Crippen molar-refractivity contribution < 1.29 is 19.1 Å². The van der Waals surface area contributed by atoms with Crippen LogP contribution in [-0.2, 0) is 11.4 Å². The number of hydrogen-bond donors (Lipinski definition) is 3. The van der Waals surface area contributed by atoms with E-state index in [0.29, 0.717) is 22.7 Å². The molecule has 0 aliphatic rings. The Labute approximate surface area is 216 Å². The minimum atomic E-state index is -0.712. The maximum atomic E-state index is 12.4. The molecule has 0 aliphatic heterocycles. The van der Waals surface area contributed by atoms with E-state index in [1.807, 2.05) is 0 Å². The lowest BCUT2D eigenvalue weighted by Gasteiger charge is -2.12. The van der Waals surface area contributed by atoms with Gasteiger partial charge in [-0.3, -0.25) is 9.59 Å². The molecule has 0 fully saturated rings. The fourth-order valence-corrected chi connectivity index (χ4v) is 3.48. The molecule has 0 aliphatic carbocycles. The summed E-state index contributed by atoms with van der Waals surface area (Å²) >= 11 is 17.8. The fourth-order valence-electron chi connectivity index (χ4n) is 2.89. The van der Waals surface area contributed by atoms with Gasteiger partial charge in [-0.2, -0.15) is 5.10 Å². The van der Waals surface area contributed by atoms with Gasteiger partial charge in [0.1, 0.15) is 23.1 Å². The molecule has 12 heteroatoms. The Kier molecular flexibility index (Phi) is 8.75. The zero-order chi connectivity index (χ0) is 25.5. The van der Waals surface area contributed by atoms with E-state index in [1.54, 1.807) is 49.6 Å². The summed E-state index contributed by atoms with van der Waals surface area (Å²) in [5.74, 6) is 0.357. The molecule has 182 valence electrons. The van der Waals surface area contributed by atoms with Crippen molar-refractivity contribution >= 4 is 64.2 Å². The zero-order valence-electron chi connectivity index (χ0n) is 18.6. The number of nitrogens with two attached hydrogens (primary N) is 1. The molecule has 3 aromatic rings. The molecule has 9 nitrogen and oxygen atoms in total. The fraction of sp³-hybridized carbons (Fsp3) is 0.130. The van der Waals surface area contributed by atoms with Gasteiger partial charge >= 0.3 is 0 Å². The highest BCUT2D eigenvalue weighted by atomic mass is 35.5. The van der Waals surface area contributed by atoms with Crippen molar-refractivity contribution in [3.8, 4) is 11.5 Å². The number of nitrogens with zero attached hydrogens (tertiary/aromatic N) is 2. The molecule has 0 atom stereocenters. The number of benzene rings is 2. The molecule has 4 N–H and O–H groups in total. The topological polar surface area (TPSA) is 128 Å². The number of amides is 2. The van der Waals surface area contributed by atoms with Gasteiger partial charge < -0.3 is 20.5 Å². The number of halogens is 3. The Balaban J connectivity index is 1.68. The van der Waals surface area contributed by atoms with Gasteiger partial charge in [-0.15, -0.1) is 0 Å². The van der Waals surface area contributed by atoms with Crippen LogP contribution >= 0.6 is 34.8 Å². The number of pyridine rings is 1. The number of nitrogen functional groups attached to an aromatic ring is 1. The third kappa shape index (κ3) is 6.75. The highest BCUT2D eigenvalue weighted by Crippen LogP contribution is 2.34.